The van der Waals surface area contributed by atoms with Gasteiger partial charge in [-0.05, 0) is 18.6 Å². The number of rotatable bonds is 0. The van der Waals surface area contributed by atoms with Crippen LogP contribution in [0.1, 0.15) is 11.1 Å². The minimum Gasteiger partial charge on any atom is -0.306 e. The molecule has 58 valence electrons. The van der Waals surface area contributed by atoms with E-state index in [9.17, 15) is 0 Å². The predicted octanol–water partition coefficient (Wildman–Crippen LogP) is 1.51. The van der Waals surface area contributed by atoms with Crippen molar-refractivity contribution < 1.29 is 0 Å². The van der Waals surface area contributed by atoms with Gasteiger partial charge in [0.1, 0.15) is 0 Å². The van der Waals surface area contributed by atoms with E-state index >= 15 is 0 Å². The van der Waals surface area contributed by atoms with E-state index in [-0.39, 0.29) is 0 Å². The van der Waals surface area contributed by atoms with Crippen molar-refractivity contribution in [2.24, 2.45) is 0 Å². The standard InChI is InChI=1S/C9H7N3/c1-7-5-12-6-11-4-9(12)2-8(7)3-10/h2,4-6H,1H3. The van der Waals surface area contributed by atoms with Crippen LogP contribution in [-0.4, -0.2) is 9.38 Å². The average Bonchev–Trinajstić information content (AvgIpc) is 2.49. The molecule has 0 N–H and O–H groups in total. The summed E-state index contributed by atoms with van der Waals surface area (Å²) in [6, 6.07) is 3.97. The smallest absolute Gasteiger partial charge is 0.0995 e. The molecule has 0 spiro atoms. The fourth-order valence-corrected chi connectivity index (χ4v) is 1.19. The monoisotopic (exact) mass is 157 g/mol. The minimum absolute atomic E-state index is 0.711. The lowest BCUT2D eigenvalue weighted by Gasteiger charge is -1.97. The van der Waals surface area contributed by atoms with E-state index in [1.54, 1.807) is 12.5 Å². The number of hydrogen-bond acceptors (Lipinski definition) is 2. The molecule has 0 radical (unpaired) electrons. The van der Waals surface area contributed by atoms with Crippen molar-refractivity contribution in [1.82, 2.24) is 9.38 Å². The molecule has 3 heteroatoms. The van der Waals surface area contributed by atoms with E-state index in [1.165, 1.54) is 0 Å². The summed E-state index contributed by atoms with van der Waals surface area (Å²) < 4.78 is 1.90. The van der Waals surface area contributed by atoms with Crippen LogP contribution in [-0.2, 0) is 0 Å². The topological polar surface area (TPSA) is 41.1 Å². The number of hydrogen-bond donors (Lipinski definition) is 0. The van der Waals surface area contributed by atoms with Crippen LogP contribution in [0.2, 0.25) is 0 Å². The largest absolute Gasteiger partial charge is 0.306 e. The Morgan fingerprint density at radius 2 is 2.42 bits per heavy atom. The predicted molar refractivity (Wildman–Crippen MR) is 44.6 cm³/mol. The van der Waals surface area contributed by atoms with Crippen molar-refractivity contribution >= 4 is 5.52 Å². The van der Waals surface area contributed by atoms with Crippen molar-refractivity contribution in [3.8, 4) is 6.07 Å². The Bertz CT molecular complexity index is 462. The van der Waals surface area contributed by atoms with Gasteiger partial charge in [-0.3, -0.25) is 0 Å². The van der Waals surface area contributed by atoms with Gasteiger partial charge in [0.05, 0.1) is 29.7 Å². The average molecular weight is 157 g/mol. The molecule has 0 aliphatic heterocycles. The summed E-state index contributed by atoms with van der Waals surface area (Å²) in [4.78, 5) is 3.97. The lowest BCUT2D eigenvalue weighted by Crippen LogP contribution is -1.88. The first-order chi connectivity index (χ1) is 5.81. The van der Waals surface area contributed by atoms with Gasteiger partial charge in [0.2, 0.25) is 0 Å². The third-order valence-electron chi connectivity index (χ3n) is 1.87. The molecule has 2 rings (SSSR count). The first-order valence-corrected chi connectivity index (χ1v) is 3.63. The fraction of sp³-hybridized carbons (Fsp3) is 0.111. The van der Waals surface area contributed by atoms with Gasteiger partial charge in [-0.2, -0.15) is 5.26 Å². The first-order valence-electron chi connectivity index (χ1n) is 3.63. The zero-order chi connectivity index (χ0) is 8.55. The molecule has 2 aromatic rings. The molecule has 3 nitrogen and oxygen atoms in total. The van der Waals surface area contributed by atoms with E-state index in [4.69, 9.17) is 5.26 Å². The second kappa shape index (κ2) is 2.35. The van der Waals surface area contributed by atoms with Gasteiger partial charge in [0.15, 0.2) is 0 Å². The second-order valence-corrected chi connectivity index (χ2v) is 2.71. The van der Waals surface area contributed by atoms with Crippen LogP contribution in [0.5, 0.6) is 0 Å². The van der Waals surface area contributed by atoms with Crippen LogP contribution in [0.4, 0.5) is 0 Å². The number of nitriles is 1. The summed E-state index contributed by atoms with van der Waals surface area (Å²) in [6.45, 7) is 1.91. The first kappa shape index (κ1) is 6.86. The highest BCUT2D eigenvalue weighted by molar-refractivity contribution is 5.52. The van der Waals surface area contributed by atoms with Crippen molar-refractivity contribution in [3.63, 3.8) is 0 Å². The van der Waals surface area contributed by atoms with Gasteiger partial charge >= 0.3 is 0 Å². The van der Waals surface area contributed by atoms with E-state index in [0.29, 0.717) is 5.56 Å². The summed E-state index contributed by atoms with van der Waals surface area (Å²) in [5, 5.41) is 8.74. The zero-order valence-corrected chi connectivity index (χ0v) is 6.65. The maximum absolute atomic E-state index is 8.74. The zero-order valence-electron chi connectivity index (χ0n) is 6.65. The van der Waals surface area contributed by atoms with Crippen molar-refractivity contribution in [3.05, 3.63) is 35.9 Å². The molecular formula is C9H7N3. The molecule has 0 amide bonds. The minimum atomic E-state index is 0.711. The summed E-state index contributed by atoms with van der Waals surface area (Å²) in [6.07, 6.45) is 5.37. The van der Waals surface area contributed by atoms with E-state index in [2.05, 4.69) is 11.1 Å². The number of nitrogens with zero attached hydrogens (tertiary/aromatic N) is 3. The third-order valence-corrected chi connectivity index (χ3v) is 1.87. The number of aryl methyl sites for hydroxylation is 1. The molecule has 0 bridgehead atoms. The Morgan fingerprint density at radius 1 is 1.58 bits per heavy atom. The summed E-state index contributed by atoms with van der Waals surface area (Å²) in [5.74, 6) is 0. The molecule has 0 aliphatic carbocycles. The summed E-state index contributed by atoms with van der Waals surface area (Å²) in [5.41, 5.74) is 2.64. The highest BCUT2D eigenvalue weighted by Gasteiger charge is 1.99. The number of aromatic nitrogens is 2. The van der Waals surface area contributed by atoms with Crippen LogP contribution in [0.3, 0.4) is 0 Å². The SMILES string of the molecule is Cc1cn2cncc2cc1C#N. The number of imidazole rings is 1. The number of fused-ring (bicyclic) bond motifs is 1. The van der Waals surface area contributed by atoms with Gasteiger partial charge < -0.3 is 4.40 Å². The Hall–Kier alpha value is -1.82. The molecule has 2 heterocycles. The molecule has 0 atom stereocenters. The molecule has 0 saturated heterocycles. The molecular weight excluding hydrogens is 150 g/mol. The Morgan fingerprint density at radius 3 is 3.17 bits per heavy atom. The molecule has 0 saturated carbocycles. The van der Waals surface area contributed by atoms with Crippen LogP contribution in [0, 0.1) is 18.3 Å². The molecule has 0 aliphatic rings. The summed E-state index contributed by atoms with van der Waals surface area (Å²) in [7, 11) is 0. The fourth-order valence-electron chi connectivity index (χ4n) is 1.19. The normalized spacial score (nSPS) is 10.0. The van der Waals surface area contributed by atoms with Gasteiger partial charge in [0, 0.05) is 6.20 Å². The molecule has 2 aromatic heterocycles. The second-order valence-electron chi connectivity index (χ2n) is 2.71. The highest BCUT2D eigenvalue weighted by Crippen LogP contribution is 2.10. The van der Waals surface area contributed by atoms with Crippen molar-refractivity contribution in [2.75, 3.05) is 0 Å². The van der Waals surface area contributed by atoms with Crippen molar-refractivity contribution in [2.45, 2.75) is 6.92 Å². The third kappa shape index (κ3) is 0.857. The van der Waals surface area contributed by atoms with Gasteiger partial charge in [-0.15, -0.1) is 0 Å². The van der Waals surface area contributed by atoms with Crippen LogP contribution in [0.25, 0.3) is 5.52 Å². The molecule has 0 fully saturated rings. The summed E-state index contributed by atoms with van der Waals surface area (Å²) >= 11 is 0. The van der Waals surface area contributed by atoms with Gasteiger partial charge in [0.25, 0.3) is 0 Å². The molecule has 0 unspecified atom stereocenters. The van der Waals surface area contributed by atoms with Crippen molar-refractivity contribution in [1.29, 1.82) is 5.26 Å². The van der Waals surface area contributed by atoms with Crippen LogP contribution in [0.15, 0.2) is 24.8 Å². The lowest BCUT2D eigenvalue weighted by molar-refractivity contribution is 1.13. The molecule has 0 aromatic carbocycles. The maximum atomic E-state index is 8.74. The van der Waals surface area contributed by atoms with E-state index in [1.807, 2.05) is 23.6 Å². The van der Waals surface area contributed by atoms with E-state index in [0.717, 1.165) is 11.1 Å². The number of pyridine rings is 1. The van der Waals surface area contributed by atoms with E-state index < -0.39 is 0 Å². The quantitative estimate of drug-likeness (QED) is 0.581. The lowest BCUT2D eigenvalue weighted by atomic mass is 10.2. The van der Waals surface area contributed by atoms with Gasteiger partial charge in [-0.1, -0.05) is 0 Å². The maximum Gasteiger partial charge on any atom is 0.0995 e. The van der Waals surface area contributed by atoms with Crippen LogP contribution >= 0.6 is 0 Å². The highest BCUT2D eigenvalue weighted by atomic mass is 15.0. The Labute approximate surface area is 69.9 Å². The molecule has 12 heavy (non-hydrogen) atoms. The van der Waals surface area contributed by atoms with Crippen LogP contribution < -0.4 is 0 Å². The van der Waals surface area contributed by atoms with Gasteiger partial charge in [-0.25, -0.2) is 4.98 Å². The Kier molecular flexibility index (Phi) is 1.34. The Balaban J connectivity index is 2.84.